The maximum Gasteiger partial charge on any atom is 0.343 e. The van der Waals surface area contributed by atoms with E-state index in [4.69, 9.17) is 14.2 Å². The van der Waals surface area contributed by atoms with Gasteiger partial charge in [-0.25, -0.2) is 14.4 Å². The van der Waals surface area contributed by atoms with E-state index >= 15 is 0 Å². The summed E-state index contributed by atoms with van der Waals surface area (Å²) in [5.74, 6) is -2.56. The van der Waals surface area contributed by atoms with Crippen LogP contribution in [0.2, 0.25) is 0 Å². The van der Waals surface area contributed by atoms with Gasteiger partial charge in [0.2, 0.25) is 0 Å². The first kappa shape index (κ1) is 40.0. The molecule has 3 unspecified atom stereocenters. The first-order chi connectivity index (χ1) is 27.5. The summed E-state index contributed by atoms with van der Waals surface area (Å²) < 4.78 is 15.4. The Morgan fingerprint density at radius 3 is 1.77 bits per heavy atom. The lowest BCUT2D eigenvalue weighted by Crippen LogP contribution is -2.56. The monoisotopic (exact) mass is 768 g/mol. The Labute approximate surface area is 331 Å². The number of carbonyl (C=O) groups excluding carboxylic acids is 5. The fraction of sp³-hybridized carbons (Fsp3) is 0.222. The molecule has 2 amide bonds. The molecule has 5 aromatic rings. The van der Waals surface area contributed by atoms with Gasteiger partial charge in [-0.05, 0) is 91.2 Å². The highest BCUT2D eigenvalue weighted by Gasteiger charge is 2.35. The number of carbonyl (C=O) groups is 5. The number of hydrogen-bond donors (Lipinski definition) is 2. The number of nitrogens with zero attached hydrogens (tertiary/aromatic N) is 2. The average Bonchev–Trinajstić information content (AvgIpc) is 3.24. The fourth-order valence-corrected chi connectivity index (χ4v) is 6.98. The van der Waals surface area contributed by atoms with Crippen molar-refractivity contribution in [2.45, 2.75) is 38.5 Å². The molecule has 292 valence electrons. The molecule has 12 nitrogen and oxygen atoms in total. The molecule has 1 saturated heterocycles. The normalized spacial score (nSPS) is 16.1. The molecular formula is C45H44N4O8. The predicted octanol–water partition coefficient (Wildman–Crippen LogP) is 6.24. The van der Waals surface area contributed by atoms with E-state index in [1.165, 1.54) is 44.0 Å². The summed E-state index contributed by atoms with van der Waals surface area (Å²) in [4.78, 5) is 68.1. The SMILES string of the molecule is COC(=O)c1cccc(C(=O)NNC(=O)c2ccc(C(c3cccc(OC(=O)c4cccc(C(=O)OC)c4)c3)N3CC(C)N(Cc4ccccc4)CC3C)cc2)c1. The number of amides is 2. The molecule has 12 heteroatoms. The zero-order chi connectivity index (χ0) is 40.5. The van der Waals surface area contributed by atoms with Crippen LogP contribution in [0, 0.1) is 0 Å². The molecule has 2 N–H and O–H groups in total. The molecule has 0 radical (unpaired) electrons. The van der Waals surface area contributed by atoms with E-state index < -0.39 is 29.7 Å². The lowest BCUT2D eigenvalue weighted by Gasteiger charge is -2.47. The zero-order valence-electron chi connectivity index (χ0n) is 32.1. The highest BCUT2D eigenvalue weighted by molar-refractivity contribution is 6.00. The van der Waals surface area contributed by atoms with Gasteiger partial charge in [-0.2, -0.15) is 0 Å². The van der Waals surface area contributed by atoms with Crippen molar-refractivity contribution >= 4 is 29.7 Å². The molecule has 6 rings (SSSR count). The largest absolute Gasteiger partial charge is 0.465 e. The molecule has 5 aromatic carbocycles. The number of ether oxygens (including phenoxy) is 3. The summed E-state index contributed by atoms with van der Waals surface area (Å²) >= 11 is 0. The highest BCUT2D eigenvalue weighted by Crippen LogP contribution is 2.35. The van der Waals surface area contributed by atoms with Crippen LogP contribution in [0.3, 0.4) is 0 Å². The molecule has 0 bridgehead atoms. The molecule has 0 aromatic heterocycles. The van der Waals surface area contributed by atoms with Crippen LogP contribution in [0.25, 0.3) is 0 Å². The number of rotatable bonds is 11. The summed E-state index contributed by atoms with van der Waals surface area (Å²) in [5.41, 5.74) is 9.01. The Morgan fingerprint density at radius 2 is 1.14 bits per heavy atom. The van der Waals surface area contributed by atoms with E-state index in [1.807, 2.05) is 36.4 Å². The standard InChI is InChI=1S/C45H44N4O8/c1-29-27-49(30(2)26-48(29)28-31-11-6-5-7-12-31)40(34-13-10-18-39(25-34)57-45(54)38-17-9-16-37(24-38)44(53)56-4)32-19-21-33(22-20-32)41(50)46-47-42(51)35-14-8-15-36(23-35)43(52)55-3/h5-25,29-30,40H,26-28H2,1-4H3,(H,46,50)(H,47,51). The maximum absolute atomic E-state index is 13.3. The van der Waals surface area contributed by atoms with Gasteiger partial charge in [-0.1, -0.05) is 66.7 Å². The zero-order valence-corrected chi connectivity index (χ0v) is 32.1. The Bertz CT molecular complexity index is 2240. The predicted molar refractivity (Wildman–Crippen MR) is 213 cm³/mol. The van der Waals surface area contributed by atoms with Crippen molar-refractivity contribution in [2.75, 3.05) is 27.3 Å². The number of benzene rings is 5. The molecule has 3 atom stereocenters. The van der Waals surface area contributed by atoms with Crippen LogP contribution >= 0.6 is 0 Å². The van der Waals surface area contributed by atoms with Crippen molar-refractivity contribution in [3.05, 3.63) is 172 Å². The highest BCUT2D eigenvalue weighted by atomic mass is 16.5. The molecule has 0 saturated carbocycles. The van der Waals surface area contributed by atoms with Crippen molar-refractivity contribution < 1.29 is 38.2 Å². The van der Waals surface area contributed by atoms with E-state index in [0.717, 1.165) is 30.8 Å². The number of nitrogens with one attached hydrogen (secondary N) is 2. The summed E-state index contributed by atoms with van der Waals surface area (Å²) in [5, 5.41) is 0. The van der Waals surface area contributed by atoms with Crippen LogP contribution in [-0.2, 0) is 16.0 Å². The van der Waals surface area contributed by atoms with Gasteiger partial charge in [-0.15, -0.1) is 0 Å². The molecule has 1 fully saturated rings. The van der Waals surface area contributed by atoms with Crippen LogP contribution in [0.4, 0.5) is 0 Å². The van der Waals surface area contributed by atoms with E-state index in [0.29, 0.717) is 11.3 Å². The lowest BCUT2D eigenvalue weighted by atomic mass is 9.92. The van der Waals surface area contributed by atoms with Crippen LogP contribution in [0.5, 0.6) is 5.75 Å². The minimum absolute atomic E-state index is 0.109. The molecule has 0 spiro atoms. The van der Waals surface area contributed by atoms with Crippen LogP contribution in [-0.4, -0.2) is 78.9 Å². The first-order valence-electron chi connectivity index (χ1n) is 18.5. The third kappa shape index (κ3) is 9.79. The van der Waals surface area contributed by atoms with Crippen LogP contribution in [0.15, 0.2) is 127 Å². The Balaban J connectivity index is 1.24. The topological polar surface area (TPSA) is 144 Å². The second-order valence-corrected chi connectivity index (χ2v) is 13.8. The lowest BCUT2D eigenvalue weighted by molar-refractivity contribution is 0.0195. The number of hydrogen-bond acceptors (Lipinski definition) is 10. The first-order valence-corrected chi connectivity index (χ1v) is 18.5. The van der Waals surface area contributed by atoms with E-state index in [1.54, 1.807) is 42.5 Å². The van der Waals surface area contributed by atoms with Gasteiger partial charge < -0.3 is 14.2 Å². The number of methoxy groups -OCH3 is 2. The van der Waals surface area contributed by atoms with Crippen LogP contribution < -0.4 is 15.6 Å². The van der Waals surface area contributed by atoms with Crippen molar-refractivity contribution in [2.24, 2.45) is 0 Å². The number of esters is 3. The summed E-state index contributed by atoms with van der Waals surface area (Å²) in [6.45, 7) is 6.77. The minimum Gasteiger partial charge on any atom is -0.465 e. The van der Waals surface area contributed by atoms with Crippen molar-refractivity contribution in [3.63, 3.8) is 0 Å². The molecular weight excluding hydrogens is 725 g/mol. The number of piperazine rings is 1. The van der Waals surface area contributed by atoms with Gasteiger partial charge in [-0.3, -0.25) is 30.2 Å². The maximum atomic E-state index is 13.3. The van der Waals surface area contributed by atoms with Gasteiger partial charge >= 0.3 is 17.9 Å². The van der Waals surface area contributed by atoms with Gasteiger partial charge in [0.25, 0.3) is 11.8 Å². The second-order valence-electron chi connectivity index (χ2n) is 13.8. The quantitative estimate of drug-likeness (QED) is 0.0901. The summed E-state index contributed by atoms with van der Waals surface area (Å²) in [6, 6.07) is 37.1. The van der Waals surface area contributed by atoms with Crippen molar-refractivity contribution in [1.82, 2.24) is 20.7 Å². The van der Waals surface area contributed by atoms with Crippen molar-refractivity contribution in [3.8, 4) is 5.75 Å². The Hall–Kier alpha value is -6.63. The fourth-order valence-electron chi connectivity index (χ4n) is 6.98. The summed E-state index contributed by atoms with van der Waals surface area (Å²) in [6.07, 6.45) is 0. The van der Waals surface area contributed by atoms with Gasteiger partial charge in [0.1, 0.15) is 5.75 Å². The Kier molecular flexibility index (Phi) is 12.9. The van der Waals surface area contributed by atoms with Gasteiger partial charge in [0.05, 0.1) is 37.0 Å². The molecule has 1 heterocycles. The van der Waals surface area contributed by atoms with E-state index in [2.05, 4.69) is 58.8 Å². The number of hydrazine groups is 1. The van der Waals surface area contributed by atoms with Crippen molar-refractivity contribution in [1.29, 1.82) is 0 Å². The smallest absolute Gasteiger partial charge is 0.343 e. The molecule has 0 aliphatic carbocycles. The third-order valence-electron chi connectivity index (χ3n) is 9.95. The van der Waals surface area contributed by atoms with Gasteiger partial charge in [0, 0.05) is 42.8 Å². The average molecular weight is 769 g/mol. The minimum atomic E-state index is -0.621. The van der Waals surface area contributed by atoms with E-state index in [-0.39, 0.29) is 40.4 Å². The van der Waals surface area contributed by atoms with Crippen LogP contribution in [0.1, 0.15) is 88.4 Å². The summed E-state index contributed by atoms with van der Waals surface area (Å²) in [7, 11) is 2.53. The second kappa shape index (κ2) is 18.3. The third-order valence-corrected chi connectivity index (χ3v) is 9.95. The molecule has 57 heavy (non-hydrogen) atoms. The Morgan fingerprint density at radius 1 is 0.579 bits per heavy atom. The van der Waals surface area contributed by atoms with Gasteiger partial charge in [0.15, 0.2) is 0 Å². The molecule has 1 aliphatic rings. The molecule has 1 aliphatic heterocycles. The van der Waals surface area contributed by atoms with E-state index in [9.17, 15) is 24.0 Å².